The van der Waals surface area contributed by atoms with Gasteiger partial charge in [-0.05, 0) is 37.3 Å². The van der Waals surface area contributed by atoms with Crippen molar-refractivity contribution in [3.8, 4) is 6.07 Å². The standard InChI is InChI=1S/C17H13N5O3S/c1-10(16(23)19-12-4-2-11(9-18)3-5-12)26-17-20-14-7-6-13(22(24)25)8-15(14)21-17/h2-8,10H,1H3,(H,19,23)(H,20,21). The predicted molar refractivity (Wildman–Crippen MR) is 97.9 cm³/mol. The molecule has 1 aromatic heterocycles. The number of aromatic amines is 1. The average molecular weight is 367 g/mol. The first kappa shape index (κ1) is 17.4. The van der Waals surface area contributed by atoms with Gasteiger partial charge in [0.15, 0.2) is 5.16 Å². The Kier molecular flexibility index (Phi) is 4.86. The first-order chi connectivity index (χ1) is 12.5. The van der Waals surface area contributed by atoms with Crippen molar-refractivity contribution < 1.29 is 9.72 Å². The highest BCUT2D eigenvalue weighted by Crippen LogP contribution is 2.26. The number of carbonyl (C=O) groups is 1. The lowest BCUT2D eigenvalue weighted by atomic mass is 10.2. The van der Waals surface area contributed by atoms with Crippen LogP contribution >= 0.6 is 11.8 Å². The van der Waals surface area contributed by atoms with Crippen molar-refractivity contribution in [1.82, 2.24) is 9.97 Å². The second-order valence-electron chi connectivity index (χ2n) is 5.44. The molecule has 1 unspecified atom stereocenters. The smallest absolute Gasteiger partial charge is 0.271 e. The van der Waals surface area contributed by atoms with Crippen LogP contribution in [0.4, 0.5) is 11.4 Å². The molecule has 0 spiro atoms. The van der Waals surface area contributed by atoms with E-state index in [1.54, 1.807) is 37.3 Å². The Morgan fingerprint density at radius 2 is 2.08 bits per heavy atom. The number of thioether (sulfide) groups is 1. The number of rotatable bonds is 5. The van der Waals surface area contributed by atoms with Crippen LogP contribution in [0.5, 0.6) is 0 Å². The van der Waals surface area contributed by atoms with Gasteiger partial charge in [-0.1, -0.05) is 11.8 Å². The number of nitrogens with one attached hydrogen (secondary N) is 2. The fourth-order valence-electron chi connectivity index (χ4n) is 2.24. The zero-order valence-electron chi connectivity index (χ0n) is 13.6. The van der Waals surface area contributed by atoms with Crippen molar-refractivity contribution in [2.75, 3.05) is 5.32 Å². The third-order valence-electron chi connectivity index (χ3n) is 3.59. The third kappa shape index (κ3) is 3.81. The average Bonchev–Trinajstić information content (AvgIpc) is 3.03. The van der Waals surface area contributed by atoms with E-state index in [9.17, 15) is 14.9 Å². The van der Waals surface area contributed by atoms with E-state index in [1.807, 2.05) is 6.07 Å². The Labute approximate surface area is 152 Å². The summed E-state index contributed by atoms with van der Waals surface area (Å²) in [7, 11) is 0. The number of benzene rings is 2. The van der Waals surface area contributed by atoms with Gasteiger partial charge < -0.3 is 10.3 Å². The molecule has 0 aliphatic rings. The zero-order valence-corrected chi connectivity index (χ0v) is 14.4. The van der Waals surface area contributed by atoms with Crippen LogP contribution in [0, 0.1) is 21.4 Å². The summed E-state index contributed by atoms with van der Waals surface area (Å²) in [6.07, 6.45) is 0. The molecule has 130 valence electrons. The number of nitro groups is 1. The van der Waals surface area contributed by atoms with Crippen molar-refractivity contribution in [3.05, 3.63) is 58.1 Å². The minimum atomic E-state index is -0.471. The molecule has 2 N–H and O–H groups in total. The summed E-state index contributed by atoms with van der Waals surface area (Å²) < 4.78 is 0. The molecule has 8 nitrogen and oxygen atoms in total. The Hall–Kier alpha value is -3.38. The summed E-state index contributed by atoms with van der Waals surface area (Å²) in [4.78, 5) is 30.0. The summed E-state index contributed by atoms with van der Waals surface area (Å²) in [6, 6.07) is 12.9. The fraction of sp³-hybridized carbons (Fsp3) is 0.118. The van der Waals surface area contributed by atoms with Crippen LogP contribution in [0.2, 0.25) is 0 Å². The number of non-ortho nitro benzene ring substituents is 1. The quantitative estimate of drug-likeness (QED) is 0.404. The zero-order chi connectivity index (χ0) is 18.7. The third-order valence-corrected chi connectivity index (χ3v) is 4.58. The monoisotopic (exact) mass is 367 g/mol. The van der Waals surface area contributed by atoms with Crippen LogP contribution in [0.15, 0.2) is 47.6 Å². The molecule has 0 radical (unpaired) electrons. The Balaban J connectivity index is 1.69. The lowest BCUT2D eigenvalue weighted by Crippen LogP contribution is -2.22. The molecular formula is C17H13N5O3S. The van der Waals surface area contributed by atoms with Crippen LogP contribution in [-0.4, -0.2) is 26.0 Å². The first-order valence-corrected chi connectivity index (χ1v) is 8.46. The Bertz CT molecular complexity index is 1020. The maximum atomic E-state index is 12.3. The van der Waals surface area contributed by atoms with Gasteiger partial charge in [-0.15, -0.1) is 0 Å². The number of aromatic nitrogens is 2. The molecule has 9 heteroatoms. The Morgan fingerprint density at radius 3 is 2.73 bits per heavy atom. The minimum Gasteiger partial charge on any atom is -0.333 e. The predicted octanol–water partition coefficient (Wildman–Crippen LogP) is 3.46. The number of imidazole rings is 1. The van der Waals surface area contributed by atoms with Crippen molar-refractivity contribution >= 4 is 40.1 Å². The molecule has 1 heterocycles. The maximum Gasteiger partial charge on any atom is 0.271 e. The van der Waals surface area contributed by atoms with Crippen molar-refractivity contribution in [3.63, 3.8) is 0 Å². The number of fused-ring (bicyclic) bond motifs is 1. The van der Waals surface area contributed by atoms with E-state index in [4.69, 9.17) is 5.26 Å². The number of H-pyrrole nitrogens is 1. The van der Waals surface area contributed by atoms with Gasteiger partial charge in [0.05, 0.1) is 32.8 Å². The second kappa shape index (κ2) is 7.25. The fourth-order valence-corrected chi connectivity index (χ4v) is 3.06. The van der Waals surface area contributed by atoms with E-state index in [2.05, 4.69) is 15.3 Å². The molecule has 0 bridgehead atoms. The van der Waals surface area contributed by atoms with Crippen LogP contribution < -0.4 is 5.32 Å². The summed E-state index contributed by atoms with van der Waals surface area (Å²) in [6.45, 7) is 1.74. The van der Waals surface area contributed by atoms with Gasteiger partial charge >= 0.3 is 0 Å². The number of carbonyl (C=O) groups excluding carboxylic acids is 1. The largest absolute Gasteiger partial charge is 0.333 e. The highest BCUT2D eigenvalue weighted by atomic mass is 32.2. The number of hydrogen-bond donors (Lipinski definition) is 2. The molecule has 0 saturated carbocycles. The lowest BCUT2D eigenvalue weighted by molar-refractivity contribution is -0.384. The van der Waals surface area contributed by atoms with Gasteiger partial charge in [0.2, 0.25) is 5.91 Å². The van der Waals surface area contributed by atoms with Crippen LogP contribution in [-0.2, 0) is 4.79 Å². The van der Waals surface area contributed by atoms with Gasteiger partial charge in [0.1, 0.15) is 0 Å². The van der Waals surface area contributed by atoms with E-state index in [0.717, 1.165) is 0 Å². The van der Waals surface area contributed by atoms with E-state index >= 15 is 0 Å². The van der Waals surface area contributed by atoms with Gasteiger partial charge in [-0.25, -0.2) is 4.98 Å². The lowest BCUT2D eigenvalue weighted by Gasteiger charge is -2.10. The van der Waals surface area contributed by atoms with Crippen LogP contribution in [0.25, 0.3) is 11.0 Å². The van der Waals surface area contributed by atoms with Crippen molar-refractivity contribution in [2.24, 2.45) is 0 Å². The molecule has 1 atom stereocenters. The molecule has 0 fully saturated rings. The topological polar surface area (TPSA) is 125 Å². The molecule has 1 amide bonds. The van der Waals surface area contributed by atoms with Gasteiger partial charge in [-0.2, -0.15) is 5.26 Å². The number of hydrogen-bond acceptors (Lipinski definition) is 6. The molecule has 0 aliphatic carbocycles. The summed E-state index contributed by atoms with van der Waals surface area (Å²) in [5, 5.41) is 22.4. The van der Waals surface area contributed by atoms with Crippen molar-refractivity contribution in [2.45, 2.75) is 17.3 Å². The van der Waals surface area contributed by atoms with Crippen molar-refractivity contribution in [1.29, 1.82) is 5.26 Å². The van der Waals surface area contributed by atoms with Gasteiger partial charge in [0.25, 0.3) is 5.69 Å². The summed E-state index contributed by atoms with van der Waals surface area (Å²) >= 11 is 1.22. The number of nitrogens with zero attached hydrogens (tertiary/aromatic N) is 3. The molecule has 3 aromatic rings. The molecule has 0 aliphatic heterocycles. The number of amides is 1. The van der Waals surface area contributed by atoms with E-state index in [-0.39, 0.29) is 11.6 Å². The second-order valence-corrected chi connectivity index (χ2v) is 6.77. The number of nitriles is 1. The first-order valence-electron chi connectivity index (χ1n) is 7.58. The van der Waals surface area contributed by atoms with Gasteiger partial charge in [0, 0.05) is 17.8 Å². The maximum absolute atomic E-state index is 12.3. The Morgan fingerprint density at radius 1 is 1.35 bits per heavy atom. The highest BCUT2D eigenvalue weighted by molar-refractivity contribution is 8.00. The summed E-state index contributed by atoms with van der Waals surface area (Å²) in [5.74, 6) is -0.217. The number of nitro benzene ring substituents is 1. The normalized spacial score (nSPS) is 11.7. The SMILES string of the molecule is CC(Sc1nc2ccc([N+](=O)[O-])cc2[nH]1)C(=O)Nc1ccc(C#N)cc1. The van der Waals surface area contributed by atoms with E-state index in [0.29, 0.717) is 27.4 Å². The minimum absolute atomic E-state index is 0.0238. The molecule has 2 aromatic carbocycles. The van der Waals surface area contributed by atoms with E-state index < -0.39 is 10.2 Å². The van der Waals surface area contributed by atoms with Gasteiger partial charge in [-0.3, -0.25) is 14.9 Å². The molecule has 0 saturated heterocycles. The number of anilines is 1. The molecular weight excluding hydrogens is 354 g/mol. The molecule has 3 rings (SSSR count). The van der Waals surface area contributed by atoms with Crippen LogP contribution in [0.1, 0.15) is 12.5 Å². The highest BCUT2D eigenvalue weighted by Gasteiger charge is 2.17. The van der Waals surface area contributed by atoms with E-state index in [1.165, 1.54) is 23.9 Å². The van der Waals surface area contributed by atoms with Crippen LogP contribution in [0.3, 0.4) is 0 Å². The molecule has 26 heavy (non-hydrogen) atoms. The summed E-state index contributed by atoms with van der Waals surface area (Å²) in [5.41, 5.74) is 2.23.